The van der Waals surface area contributed by atoms with Crippen molar-refractivity contribution in [3.05, 3.63) is 24.3 Å². The lowest BCUT2D eigenvalue weighted by molar-refractivity contribution is 0.519. The van der Waals surface area contributed by atoms with E-state index in [1.807, 2.05) is 12.1 Å². The van der Waals surface area contributed by atoms with E-state index in [0.717, 1.165) is 31.6 Å². The van der Waals surface area contributed by atoms with E-state index in [0.29, 0.717) is 4.90 Å². The van der Waals surface area contributed by atoms with Gasteiger partial charge in [-0.05, 0) is 37.1 Å². The largest absolute Gasteiger partial charge is 0.368 e. The normalized spacial score (nSPS) is 20.8. The van der Waals surface area contributed by atoms with Crippen molar-refractivity contribution in [2.24, 2.45) is 5.73 Å². The number of hydrogen-bond acceptors (Lipinski definition) is 4. The van der Waals surface area contributed by atoms with Crippen LogP contribution in [-0.2, 0) is 10.0 Å². The van der Waals surface area contributed by atoms with Crippen molar-refractivity contribution in [2.75, 3.05) is 18.0 Å². The number of sulfonamides is 1. The predicted molar refractivity (Wildman–Crippen MR) is 70.0 cm³/mol. The van der Waals surface area contributed by atoms with E-state index in [-0.39, 0.29) is 12.1 Å². The van der Waals surface area contributed by atoms with Crippen LogP contribution in [-0.4, -0.2) is 33.6 Å². The van der Waals surface area contributed by atoms with Crippen molar-refractivity contribution in [1.29, 1.82) is 0 Å². The summed E-state index contributed by atoms with van der Waals surface area (Å²) in [5, 5.41) is 0. The number of nitrogens with zero attached hydrogens (tertiary/aromatic N) is 1. The Bertz CT molecular complexity index is 531. The number of hydrogen-bond donors (Lipinski definition) is 2. The van der Waals surface area contributed by atoms with Gasteiger partial charge in [0.15, 0.2) is 0 Å². The molecule has 0 bridgehead atoms. The molecule has 98 valence electrons. The van der Waals surface area contributed by atoms with Gasteiger partial charge in [0.2, 0.25) is 10.0 Å². The Hall–Kier alpha value is -1.11. The van der Waals surface area contributed by atoms with Crippen molar-refractivity contribution in [2.45, 2.75) is 29.8 Å². The molecule has 2 aliphatic rings. The van der Waals surface area contributed by atoms with Gasteiger partial charge in [0, 0.05) is 30.9 Å². The van der Waals surface area contributed by atoms with Gasteiger partial charge in [0.25, 0.3) is 0 Å². The maximum atomic E-state index is 12.0. The molecule has 1 aliphatic heterocycles. The van der Waals surface area contributed by atoms with E-state index in [1.54, 1.807) is 12.1 Å². The molecule has 0 spiro atoms. The van der Waals surface area contributed by atoms with Crippen molar-refractivity contribution in [1.82, 2.24) is 4.72 Å². The monoisotopic (exact) mass is 267 g/mol. The zero-order valence-corrected chi connectivity index (χ0v) is 10.9. The van der Waals surface area contributed by atoms with Gasteiger partial charge >= 0.3 is 0 Å². The zero-order valence-electron chi connectivity index (χ0n) is 10.0. The van der Waals surface area contributed by atoms with Gasteiger partial charge in [-0.25, -0.2) is 13.1 Å². The quantitative estimate of drug-likeness (QED) is 0.821. The second-order valence-electron chi connectivity index (χ2n) is 5.05. The summed E-state index contributed by atoms with van der Waals surface area (Å²) in [7, 11) is -3.33. The first-order valence-corrected chi connectivity index (χ1v) is 7.66. The van der Waals surface area contributed by atoms with E-state index in [4.69, 9.17) is 5.73 Å². The molecule has 0 unspecified atom stereocenters. The molecule has 3 rings (SSSR count). The number of nitrogens with one attached hydrogen (secondary N) is 1. The van der Waals surface area contributed by atoms with Crippen LogP contribution >= 0.6 is 0 Å². The summed E-state index contributed by atoms with van der Waals surface area (Å²) < 4.78 is 26.6. The summed E-state index contributed by atoms with van der Waals surface area (Å²) in [5.74, 6) is 0. The maximum Gasteiger partial charge on any atom is 0.240 e. The first-order chi connectivity index (χ1) is 8.54. The standard InChI is InChI=1S/C12H17N3O2S/c13-9-7-15(8-9)11-3-5-12(6-4-11)18(16,17)14-10-1-2-10/h3-6,9-10,14H,1-2,7-8,13H2. The smallest absolute Gasteiger partial charge is 0.240 e. The Kier molecular flexibility index (Phi) is 2.80. The first kappa shape index (κ1) is 12.0. The van der Waals surface area contributed by atoms with Crippen LogP contribution in [0.4, 0.5) is 5.69 Å². The Morgan fingerprint density at radius 2 is 1.78 bits per heavy atom. The molecule has 0 amide bonds. The van der Waals surface area contributed by atoms with Gasteiger partial charge in [-0.3, -0.25) is 0 Å². The topological polar surface area (TPSA) is 75.4 Å². The second-order valence-corrected chi connectivity index (χ2v) is 6.77. The highest BCUT2D eigenvalue weighted by molar-refractivity contribution is 7.89. The van der Waals surface area contributed by atoms with E-state index < -0.39 is 10.0 Å². The van der Waals surface area contributed by atoms with Crippen molar-refractivity contribution >= 4 is 15.7 Å². The molecular weight excluding hydrogens is 250 g/mol. The fourth-order valence-corrected chi connectivity index (χ4v) is 3.35. The minimum absolute atomic E-state index is 0.142. The fourth-order valence-electron chi connectivity index (χ4n) is 2.05. The highest BCUT2D eigenvalue weighted by atomic mass is 32.2. The molecular formula is C12H17N3O2S. The second kappa shape index (κ2) is 4.22. The lowest BCUT2D eigenvalue weighted by Crippen LogP contribution is -2.55. The highest BCUT2D eigenvalue weighted by Crippen LogP contribution is 2.24. The van der Waals surface area contributed by atoms with Gasteiger partial charge in [-0.15, -0.1) is 0 Å². The Morgan fingerprint density at radius 3 is 2.28 bits per heavy atom. The summed E-state index contributed by atoms with van der Waals surface area (Å²) in [6.45, 7) is 1.68. The number of rotatable bonds is 4. The minimum atomic E-state index is -3.33. The van der Waals surface area contributed by atoms with E-state index in [9.17, 15) is 8.42 Å². The Balaban J connectivity index is 1.73. The molecule has 0 radical (unpaired) electrons. The number of nitrogens with two attached hydrogens (primary N) is 1. The van der Waals surface area contributed by atoms with Crippen LogP contribution in [0, 0.1) is 0 Å². The summed E-state index contributed by atoms with van der Waals surface area (Å²) in [4.78, 5) is 2.47. The molecule has 1 aliphatic carbocycles. The van der Waals surface area contributed by atoms with Gasteiger partial charge < -0.3 is 10.6 Å². The third-order valence-corrected chi connectivity index (χ3v) is 4.86. The highest BCUT2D eigenvalue weighted by Gasteiger charge is 2.28. The molecule has 2 fully saturated rings. The lowest BCUT2D eigenvalue weighted by atomic mass is 10.1. The number of benzene rings is 1. The zero-order chi connectivity index (χ0) is 12.8. The molecule has 18 heavy (non-hydrogen) atoms. The predicted octanol–water partition coefficient (Wildman–Crippen LogP) is 0.275. The van der Waals surface area contributed by atoms with Crippen LogP contribution in [0.5, 0.6) is 0 Å². The molecule has 1 saturated heterocycles. The maximum absolute atomic E-state index is 12.0. The Morgan fingerprint density at radius 1 is 1.17 bits per heavy atom. The first-order valence-electron chi connectivity index (χ1n) is 6.17. The summed E-state index contributed by atoms with van der Waals surface area (Å²) in [6.07, 6.45) is 1.89. The third-order valence-electron chi connectivity index (χ3n) is 3.32. The van der Waals surface area contributed by atoms with E-state index in [2.05, 4.69) is 9.62 Å². The molecule has 5 nitrogen and oxygen atoms in total. The molecule has 0 aromatic heterocycles. The van der Waals surface area contributed by atoms with Crippen LogP contribution in [0.2, 0.25) is 0 Å². The summed E-state index contributed by atoms with van der Waals surface area (Å²) >= 11 is 0. The van der Waals surface area contributed by atoms with Gasteiger partial charge in [-0.1, -0.05) is 0 Å². The molecule has 1 aromatic rings. The minimum Gasteiger partial charge on any atom is -0.368 e. The molecule has 1 heterocycles. The molecule has 3 N–H and O–H groups in total. The average molecular weight is 267 g/mol. The molecule has 6 heteroatoms. The average Bonchev–Trinajstić information content (AvgIpc) is 3.08. The van der Waals surface area contributed by atoms with E-state index >= 15 is 0 Å². The number of anilines is 1. The van der Waals surface area contributed by atoms with Crippen LogP contribution in [0.3, 0.4) is 0 Å². The van der Waals surface area contributed by atoms with Crippen molar-refractivity contribution in [3.63, 3.8) is 0 Å². The Labute approximate surface area is 107 Å². The van der Waals surface area contributed by atoms with Crippen LogP contribution < -0.4 is 15.4 Å². The van der Waals surface area contributed by atoms with E-state index in [1.165, 1.54) is 0 Å². The third kappa shape index (κ3) is 2.36. The van der Waals surface area contributed by atoms with Crippen LogP contribution in [0.25, 0.3) is 0 Å². The summed E-state index contributed by atoms with van der Waals surface area (Å²) in [6, 6.07) is 7.38. The summed E-state index contributed by atoms with van der Waals surface area (Å²) in [5.41, 5.74) is 6.75. The van der Waals surface area contributed by atoms with Gasteiger partial charge in [0.1, 0.15) is 0 Å². The molecule has 1 saturated carbocycles. The molecule has 0 atom stereocenters. The van der Waals surface area contributed by atoms with Gasteiger partial charge in [-0.2, -0.15) is 0 Å². The van der Waals surface area contributed by atoms with Crippen LogP contribution in [0.1, 0.15) is 12.8 Å². The fraction of sp³-hybridized carbons (Fsp3) is 0.500. The molecule has 1 aromatic carbocycles. The SMILES string of the molecule is NC1CN(c2ccc(S(=O)(=O)NC3CC3)cc2)C1. The van der Waals surface area contributed by atoms with Gasteiger partial charge in [0.05, 0.1) is 4.90 Å². The van der Waals surface area contributed by atoms with Crippen molar-refractivity contribution < 1.29 is 8.42 Å². The van der Waals surface area contributed by atoms with Crippen LogP contribution in [0.15, 0.2) is 29.2 Å². The van der Waals surface area contributed by atoms with Crippen molar-refractivity contribution in [3.8, 4) is 0 Å². The lowest BCUT2D eigenvalue weighted by Gasteiger charge is -2.38.